The average Bonchev–Trinajstić information content (AvgIpc) is 2.44. The summed E-state index contributed by atoms with van der Waals surface area (Å²) in [4.78, 5) is 17.1. The molecular weight excluding hydrogens is 272 g/mol. The molecule has 0 spiro atoms. The van der Waals surface area contributed by atoms with E-state index < -0.39 is 0 Å². The summed E-state index contributed by atoms with van der Waals surface area (Å²) in [7, 11) is 0. The Hall–Kier alpha value is -2.21. The third-order valence-electron chi connectivity index (χ3n) is 2.67. The van der Waals surface area contributed by atoms with E-state index in [9.17, 15) is 5.11 Å². The molecule has 0 amide bonds. The lowest BCUT2D eigenvalue weighted by molar-refractivity contribution is 0.444. The molecule has 3 aromatic rings. The molecule has 2 heterocycles. The Morgan fingerprint density at radius 1 is 1.10 bits per heavy atom. The summed E-state index contributed by atoms with van der Waals surface area (Å²) < 4.78 is 0. The quantitative estimate of drug-likeness (QED) is 0.589. The van der Waals surface area contributed by atoms with Gasteiger partial charge in [-0.25, -0.2) is 9.97 Å². The molecule has 0 atom stereocenters. The Kier molecular flexibility index (Phi) is 3.47. The molecule has 6 heteroatoms. The van der Waals surface area contributed by atoms with Gasteiger partial charge in [0.25, 0.3) is 0 Å². The monoisotopic (exact) mass is 284 g/mol. The number of aromatic nitrogens is 4. The van der Waals surface area contributed by atoms with Gasteiger partial charge in [-0.2, -0.15) is 4.98 Å². The van der Waals surface area contributed by atoms with Gasteiger partial charge in [-0.3, -0.25) is 4.98 Å². The first-order valence-electron chi connectivity index (χ1n) is 6.09. The topological polar surface area (TPSA) is 71.8 Å². The molecule has 0 aliphatic carbocycles. The summed E-state index contributed by atoms with van der Waals surface area (Å²) >= 11 is 1.43. The van der Waals surface area contributed by atoms with Gasteiger partial charge in [0.2, 0.25) is 5.88 Å². The fourth-order valence-electron chi connectivity index (χ4n) is 1.79. The van der Waals surface area contributed by atoms with Crippen molar-refractivity contribution in [2.75, 3.05) is 0 Å². The van der Waals surface area contributed by atoms with Gasteiger partial charge in [0.1, 0.15) is 0 Å². The second-order valence-corrected chi connectivity index (χ2v) is 5.23. The Morgan fingerprint density at radius 3 is 2.70 bits per heavy atom. The zero-order valence-electron chi connectivity index (χ0n) is 10.8. The largest absolute Gasteiger partial charge is 0.493 e. The van der Waals surface area contributed by atoms with Crippen LogP contribution in [0.4, 0.5) is 0 Å². The number of para-hydroxylation sites is 2. The highest BCUT2D eigenvalue weighted by Gasteiger charge is 2.05. The van der Waals surface area contributed by atoms with Crippen LogP contribution in [0, 0.1) is 6.92 Å². The third kappa shape index (κ3) is 2.85. The molecule has 0 fully saturated rings. The van der Waals surface area contributed by atoms with Crippen LogP contribution >= 0.6 is 11.8 Å². The number of fused-ring (bicyclic) bond motifs is 1. The first-order chi connectivity index (χ1) is 9.70. The minimum Gasteiger partial charge on any atom is -0.493 e. The predicted octanol–water partition coefficient (Wildman–Crippen LogP) is 2.73. The van der Waals surface area contributed by atoms with Crippen molar-refractivity contribution in [3.63, 3.8) is 0 Å². The van der Waals surface area contributed by atoms with E-state index in [4.69, 9.17) is 0 Å². The molecule has 0 radical (unpaired) electrons. The van der Waals surface area contributed by atoms with E-state index in [1.165, 1.54) is 17.8 Å². The van der Waals surface area contributed by atoms with Crippen molar-refractivity contribution < 1.29 is 5.11 Å². The second-order valence-electron chi connectivity index (χ2n) is 4.29. The molecule has 3 rings (SSSR count). The van der Waals surface area contributed by atoms with Crippen molar-refractivity contribution >= 4 is 22.8 Å². The number of benzene rings is 1. The van der Waals surface area contributed by atoms with E-state index in [-0.39, 0.29) is 5.88 Å². The molecule has 0 bridgehead atoms. The SMILES string of the molecule is Cc1cc(O)nc(SCc2cnc3ccccc3n2)n1. The maximum atomic E-state index is 9.44. The van der Waals surface area contributed by atoms with Crippen molar-refractivity contribution in [2.24, 2.45) is 0 Å². The highest BCUT2D eigenvalue weighted by Crippen LogP contribution is 2.21. The number of aryl methyl sites for hydroxylation is 1. The molecule has 0 aliphatic rings. The van der Waals surface area contributed by atoms with Gasteiger partial charge in [0.15, 0.2) is 5.16 Å². The van der Waals surface area contributed by atoms with Crippen LogP contribution in [0.25, 0.3) is 11.0 Å². The summed E-state index contributed by atoms with van der Waals surface area (Å²) in [6.45, 7) is 1.82. The van der Waals surface area contributed by atoms with E-state index in [0.717, 1.165) is 22.4 Å². The van der Waals surface area contributed by atoms with E-state index >= 15 is 0 Å². The zero-order valence-corrected chi connectivity index (χ0v) is 11.6. The van der Waals surface area contributed by atoms with Crippen molar-refractivity contribution in [3.05, 3.63) is 47.9 Å². The van der Waals surface area contributed by atoms with E-state index in [1.807, 2.05) is 31.2 Å². The summed E-state index contributed by atoms with van der Waals surface area (Å²) in [6, 6.07) is 9.27. The number of nitrogens with zero attached hydrogens (tertiary/aromatic N) is 4. The van der Waals surface area contributed by atoms with Crippen LogP contribution in [-0.4, -0.2) is 25.0 Å². The number of thioether (sulfide) groups is 1. The normalized spacial score (nSPS) is 10.8. The van der Waals surface area contributed by atoms with Crippen LogP contribution < -0.4 is 0 Å². The minimum atomic E-state index is -0.00963. The summed E-state index contributed by atoms with van der Waals surface area (Å²) in [5.41, 5.74) is 3.35. The second kappa shape index (κ2) is 5.42. The van der Waals surface area contributed by atoms with Crippen LogP contribution in [0.1, 0.15) is 11.4 Å². The Bertz CT molecular complexity index is 743. The van der Waals surface area contributed by atoms with Gasteiger partial charge < -0.3 is 5.11 Å². The molecule has 20 heavy (non-hydrogen) atoms. The first-order valence-corrected chi connectivity index (χ1v) is 7.07. The van der Waals surface area contributed by atoms with Gasteiger partial charge in [-0.05, 0) is 19.1 Å². The number of hydrogen-bond acceptors (Lipinski definition) is 6. The lowest BCUT2D eigenvalue weighted by Crippen LogP contribution is -1.93. The maximum absolute atomic E-state index is 9.44. The van der Waals surface area contributed by atoms with Crippen molar-refractivity contribution in [3.8, 4) is 5.88 Å². The summed E-state index contributed by atoms with van der Waals surface area (Å²) in [5, 5.41) is 9.98. The number of hydrogen-bond donors (Lipinski definition) is 1. The molecular formula is C14H12N4OS. The minimum absolute atomic E-state index is 0.00963. The first kappa shape index (κ1) is 12.8. The highest BCUT2D eigenvalue weighted by molar-refractivity contribution is 7.98. The van der Waals surface area contributed by atoms with Crippen LogP contribution in [0.15, 0.2) is 41.7 Å². The molecule has 0 aliphatic heterocycles. The molecule has 5 nitrogen and oxygen atoms in total. The predicted molar refractivity (Wildman–Crippen MR) is 77.5 cm³/mol. The number of aromatic hydroxyl groups is 1. The number of rotatable bonds is 3. The molecule has 2 aromatic heterocycles. The van der Waals surface area contributed by atoms with E-state index in [1.54, 1.807) is 6.20 Å². The zero-order chi connectivity index (χ0) is 13.9. The standard InChI is InChI=1S/C14H12N4OS/c1-9-6-13(19)18-14(16-9)20-8-10-7-15-11-4-2-3-5-12(11)17-10/h2-7H,8H2,1H3,(H,16,18,19). The fourth-order valence-corrected chi connectivity index (χ4v) is 2.58. The van der Waals surface area contributed by atoms with E-state index in [0.29, 0.717) is 10.9 Å². The lowest BCUT2D eigenvalue weighted by atomic mass is 10.3. The lowest BCUT2D eigenvalue weighted by Gasteiger charge is -2.03. The molecule has 0 saturated heterocycles. The van der Waals surface area contributed by atoms with E-state index in [2.05, 4.69) is 19.9 Å². The molecule has 0 unspecified atom stereocenters. The van der Waals surface area contributed by atoms with Gasteiger partial charge in [-0.1, -0.05) is 23.9 Å². The van der Waals surface area contributed by atoms with Crippen molar-refractivity contribution in [2.45, 2.75) is 17.8 Å². The molecule has 100 valence electrons. The Balaban J connectivity index is 1.79. The van der Waals surface area contributed by atoms with Crippen LogP contribution in [-0.2, 0) is 5.75 Å². The van der Waals surface area contributed by atoms with Gasteiger partial charge in [0, 0.05) is 23.7 Å². The third-order valence-corrected chi connectivity index (χ3v) is 3.55. The molecule has 1 aromatic carbocycles. The average molecular weight is 284 g/mol. The van der Waals surface area contributed by atoms with Crippen molar-refractivity contribution in [1.82, 2.24) is 19.9 Å². The van der Waals surface area contributed by atoms with Crippen LogP contribution in [0.5, 0.6) is 5.88 Å². The smallest absolute Gasteiger partial charge is 0.215 e. The van der Waals surface area contributed by atoms with Crippen LogP contribution in [0.3, 0.4) is 0 Å². The molecule has 1 N–H and O–H groups in total. The van der Waals surface area contributed by atoms with Crippen molar-refractivity contribution in [1.29, 1.82) is 0 Å². The highest BCUT2D eigenvalue weighted by atomic mass is 32.2. The Labute approximate surface area is 120 Å². The van der Waals surface area contributed by atoms with Gasteiger partial charge in [-0.15, -0.1) is 0 Å². The summed E-state index contributed by atoms with van der Waals surface area (Å²) in [5.74, 6) is 0.602. The van der Waals surface area contributed by atoms with Crippen LogP contribution in [0.2, 0.25) is 0 Å². The Morgan fingerprint density at radius 2 is 1.90 bits per heavy atom. The molecule has 0 saturated carbocycles. The summed E-state index contributed by atoms with van der Waals surface area (Å²) in [6.07, 6.45) is 1.75. The van der Waals surface area contributed by atoms with Gasteiger partial charge >= 0.3 is 0 Å². The maximum Gasteiger partial charge on any atom is 0.215 e. The van der Waals surface area contributed by atoms with Gasteiger partial charge in [0.05, 0.1) is 16.7 Å². The fraction of sp³-hybridized carbons (Fsp3) is 0.143.